The number of rotatable bonds is 9. The van der Waals surface area contributed by atoms with Crippen LogP contribution in [0.2, 0.25) is 0 Å². The topological polar surface area (TPSA) is 83.8 Å². The van der Waals surface area contributed by atoms with Crippen molar-refractivity contribution in [1.29, 1.82) is 0 Å². The van der Waals surface area contributed by atoms with E-state index in [1.165, 1.54) is 0 Å². The van der Waals surface area contributed by atoms with E-state index in [1.54, 1.807) is 13.8 Å². The molecular weight excluding hydrogens is 231 g/mol. The molecule has 0 aromatic heterocycles. The summed E-state index contributed by atoms with van der Waals surface area (Å²) in [5, 5.41) is 8.39. The first-order valence-corrected chi connectivity index (χ1v) is 7.32. The van der Waals surface area contributed by atoms with Crippen LogP contribution in [0.25, 0.3) is 0 Å². The van der Waals surface area contributed by atoms with Gasteiger partial charge in [-0.15, -0.1) is 0 Å². The van der Waals surface area contributed by atoms with Gasteiger partial charge in [-0.25, -0.2) is 0 Å². The van der Waals surface area contributed by atoms with E-state index in [0.29, 0.717) is 12.8 Å². The van der Waals surface area contributed by atoms with Crippen molar-refractivity contribution in [3.05, 3.63) is 0 Å². The number of unbranched alkanes of at least 4 members (excludes halogenated alkanes) is 3. The average molecular weight is 252 g/mol. The lowest BCUT2D eigenvalue weighted by atomic mass is 10.2. The van der Waals surface area contributed by atoms with Crippen LogP contribution in [-0.2, 0) is 13.9 Å². The molecule has 0 aliphatic rings. The van der Waals surface area contributed by atoms with Gasteiger partial charge in [-0.2, -0.15) is 0 Å². The minimum Gasteiger partial charge on any atom is -0.481 e. The molecule has 2 N–H and O–H groups in total. The molecule has 0 amide bonds. The summed E-state index contributed by atoms with van der Waals surface area (Å²) in [4.78, 5) is 19.6. The lowest BCUT2D eigenvalue weighted by molar-refractivity contribution is -0.137. The maximum Gasteiger partial charge on any atom is 0.328 e. The fraction of sp³-hybridized carbons (Fsp3) is 0.900. The van der Waals surface area contributed by atoms with Crippen LogP contribution in [0.5, 0.6) is 0 Å². The van der Waals surface area contributed by atoms with Crippen molar-refractivity contribution in [3.8, 4) is 0 Å². The van der Waals surface area contributed by atoms with Gasteiger partial charge in [-0.1, -0.05) is 12.8 Å². The van der Waals surface area contributed by atoms with Gasteiger partial charge in [0, 0.05) is 12.6 Å². The van der Waals surface area contributed by atoms with Gasteiger partial charge in [0.2, 0.25) is 0 Å². The highest BCUT2D eigenvalue weighted by Gasteiger charge is 2.19. The Morgan fingerprint density at radius 2 is 1.81 bits per heavy atom. The molecule has 1 unspecified atom stereocenters. The Morgan fingerprint density at radius 3 is 2.31 bits per heavy atom. The Morgan fingerprint density at radius 1 is 1.25 bits per heavy atom. The Balaban J connectivity index is 3.50. The van der Waals surface area contributed by atoms with Crippen molar-refractivity contribution in [2.45, 2.75) is 52.1 Å². The van der Waals surface area contributed by atoms with E-state index in [0.717, 1.165) is 12.8 Å². The van der Waals surface area contributed by atoms with Crippen molar-refractivity contribution in [1.82, 2.24) is 0 Å². The summed E-state index contributed by atoms with van der Waals surface area (Å²) in [5.41, 5.74) is 0. The molecule has 96 valence electrons. The van der Waals surface area contributed by atoms with Crippen molar-refractivity contribution < 1.29 is 23.9 Å². The summed E-state index contributed by atoms with van der Waals surface area (Å²) in [7, 11) is -3.43. The van der Waals surface area contributed by atoms with E-state index in [1.807, 2.05) is 0 Å². The Hall–Kier alpha value is -0.380. The Labute approximate surface area is 96.4 Å². The molecule has 16 heavy (non-hydrogen) atoms. The Kier molecular flexibility index (Phi) is 7.64. The zero-order valence-electron chi connectivity index (χ0n) is 9.89. The molecule has 1 atom stereocenters. The van der Waals surface area contributed by atoms with Crippen molar-refractivity contribution in [2.24, 2.45) is 0 Å². The summed E-state index contributed by atoms with van der Waals surface area (Å²) in [6, 6.07) is 0. The van der Waals surface area contributed by atoms with Gasteiger partial charge in [0.15, 0.2) is 0 Å². The van der Waals surface area contributed by atoms with Crippen molar-refractivity contribution >= 4 is 13.6 Å². The second kappa shape index (κ2) is 7.82. The molecule has 0 aromatic carbocycles. The van der Waals surface area contributed by atoms with Crippen LogP contribution in [0.3, 0.4) is 0 Å². The summed E-state index contributed by atoms with van der Waals surface area (Å²) >= 11 is 0. The van der Waals surface area contributed by atoms with Crippen molar-refractivity contribution in [3.63, 3.8) is 0 Å². The van der Waals surface area contributed by atoms with Crippen LogP contribution in [0.4, 0.5) is 0 Å². The number of hydrogen-bond acceptors (Lipinski definition) is 3. The third-order valence-electron chi connectivity index (χ3n) is 1.96. The second-order valence-electron chi connectivity index (χ2n) is 4.07. The number of carboxylic acid groups (broad SMARTS) is 1. The molecule has 0 aliphatic carbocycles. The molecule has 0 spiro atoms. The quantitative estimate of drug-likeness (QED) is 0.486. The SMILES string of the molecule is CC(C)OP(=O)(O)CCCCCCC(=O)O. The minimum atomic E-state index is -3.43. The molecule has 0 aromatic rings. The zero-order chi connectivity index (χ0) is 12.6. The fourth-order valence-corrected chi connectivity index (χ4v) is 2.71. The highest BCUT2D eigenvalue weighted by atomic mass is 31.2. The summed E-state index contributed by atoms with van der Waals surface area (Å²) in [6.07, 6.45) is 2.82. The molecule has 0 saturated carbocycles. The van der Waals surface area contributed by atoms with Crippen molar-refractivity contribution in [2.75, 3.05) is 6.16 Å². The summed E-state index contributed by atoms with van der Waals surface area (Å²) < 4.78 is 16.3. The predicted molar refractivity (Wildman–Crippen MR) is 61.6 cm³/mol. The van der Waals surface area contributed by atoms with Gasteiger partial charge >= 0.3 is 13.6 Å². The van der Waals surface area contributed by atoms with Crippen LogP contribution in [0, 0.1) is 0 Å². The van der Waals surface area contributed by atoms with E-state index < -0.39 is 13.6 Å². The van der Waals surface area contributed by atoms with E-state index >= 15 is 0 Å². The molecule has 6 heteroatoms. The first-order valence-electron chi connectivity index (χ1n) is 5.55. The van der Waals surface area contributed by atoms with Gasteiger partial charge < -0.3 is 14.5 Å². The Bertz CT molecular complexity index is 252. The number of carboxylic acids is 1. The average Bonchev–Trinajstić information content (AvgIpc) is 2.08. The molecule has 0 rings (SSSR count). The number of aliphatic carboxylic acids is 1. The van der Waals surface area contributed by atoms with E-state index in [-0.39, 0.29) is 18.7 Å². The predicted octanol–water partition coefficient (Wildman–Crippen LogP) is 2.63. The maximum atomic E-state index is 11.4. The highest BCUT2D eigenvalue weighted by Crippen LogP contribution is 2.44. The molecule has 5 nitrogen and oxygen atoms in total. The molecular formula is C10H21O5P. The lowest BCUT2D eigenvalue weighted by Gasteiger charge is -2.14. The van der Waals surface area contributed by atoms with E-state index in [2.05, 4.69) is 0 Å². The normalized spacial score (nSPS) is 15.0. The lowest BCUT2D eigenvalue weighted by Crippen LogP contribution is -2.03. The highest BCUT2D eigenvalue weighted by molar-refractivity contribution is 7.52. The van der Waals surface area contributed by atoms with E-state index in [9.17, 15) is 14.3 Å². The number of hydrogen-bond donors (Lipinski definition) is 2. The van der Waals surface area contributed by atoms with Gasteiger partial charge in [0.25, 0.3) is 0 Å². The third-order valence-corrected chi connectivity index (χ3v) is 3.59. The van der Waals surface area contributed by atoms with E-state index in [4.69, 9.17) is 9.63 Å². The molecule has 0 fully saturated rings. The summed E-state index contributed by atoms with van der Waals surface area (Å²) in [6.45, 7) is 3.44. The van der Waals surface area contributed by atoms with Crippen LogP contribution < -0.4 is 0 Å². The standard InChI is InChI=1S/C10H21O5P/c1-9(2)15-16(13,14)8-6-4-3-5-7-10(11)12/h9H,3-8H2,1-2H3,(H,11,12)(H,13,14). The molecule has 0 heterocycles. The van der Waals surface area contributed by atoms with Crippen LogP contribution >= 0.6 is 7.60 Å². The molecule has 0 aliphatic heterocycles. The van der Waals surface area contributed by atoms with Gasteiger partial charge in [-0.3, -0.25) is 9.36 Å². The molecule has 0 saturated heterocycles. The van der Waals surface area contributed by atoms with Gasteiger partial charge in [0.05, 0.1) is 6.10 Å². The third kappa shape index (κ3) is 10.1. The molecule has 0 radical (unpaired) electrons. The van der Waals surface area contributed by atoms with Crippen LogP contribution in [0.15, 0.2) is 0 Å². The first-order chi connectivity index (χ1) is 7.33. The van der Waals surface area contributed by atoms with Gasteiger partial charge in [-0.05, 0) is 26.7 Å². The first kappa shape index (κ1) is 15.6. The number of carbonyl (C=O) groups is 1. The largest absolute Gasteiger partial charge is 0.481 e. The summed E-state index contributed by atoms with van der Waals surface area (Å²) in [5.74, 6) is -0.795. The molecule has 0 bridgehead atoms. The maximum absolute atomic E-state index is 11.4. The van der Waals surface area contributed by atoms with Gasteiger partial charge in [0.1, 0.15) is 0 Å². The fourth-order valence-electron chi connectivity index (χ4n) is 1.32. The smallest absolute Gasteiger partial charge is 0.328 e. The zero-order valence-corrected chi connectivity index (χ0v) is 10.8. The monoisotopic (exact) mass is 252 g/mol. The van der Waals surface area contributed by atoms with Crippen LogP contribution in [0.1, 0.15) is 46.0 Å². The van der Waals surface area contributed by atoms with Crippen LogP contribution in [-0.4, -0.2) is 28.2 Å². The minimum absolute atomic E-state index is 0.151. The second-order valence-corrected chi connectivity index (χ2v) is 6.01.